The molecule has 1 aromatic heterocycles. The maximum Gasteiger partial charge on any atom is 0.141 e. The molecule has 0 amide bonds. The average Bonchev–Trinajstić information content (AvgIpc) is 3.21. The highest BCUT2D eigenvalue weighted by molar-refractivity contribution is 5.88. The number of hydrogen-bond donors (Lipinski definition) is 1. The summed E-state index contributed by atoms with van der Waals surface area (Å²) >= 11 is 0. The van der Waals surface area contributed by atoms with E-state index >= 15 is 0 Å². The number of nitrogens with one attached hydrogen (secondary N) is 1. The molecular weight excluding hydrogens is 396 g/mol. The summed E-state index contributed by atoms with van der Waals surface area (Å²) in [7, 11) is 0. The van der Waals surface area contributed by atoms with E-state index in [1.807, 2.05) is 0 Å². The number of aryl methyl sites for hydroxylation is 1. The summed E-state index contributed by atoms with van der Waals surface area (Å²) in [5.41, 5.74) is 3.34. The molecule has 32 heavy (non-hydrogen) atoms. The van der Waals surface area contributed by atoms with Gasteiger partial charge in [0.1, 0.15) is 18.2 Å². The number of aromatic nitrogens is 2. The van der Waals surface area contributed by atoms with Gasteiger partial charge in [0.25, 0.3) is 0 Å². The Morgan fingerprint density at radius 2 is 1.78 bits per heavy atom. The van der Waals surface area contributed by atoms with E-state index in [0.29, 0.717) is 6.61 Å². The summed E-state index contributed by atoms with van der Waals surface area (Å²) < 4.78 is 8.51. The topological polar surface area (TPSA) is 42.3 Å². The van der Waals surface area contributed by atoms with Crippen molar-refractivity contribution in [1.29, 1.82) is 0 Å². The van der Waals surface area contributed by atoms with Gasteiger partial charge in [-0.05, 0) is 35.4 Å². The number of unbranched alkanes of at least 4 members (excludes halogenated alkanes) is 1. The fourth-order valence-electron chi connectivity index (χ4n) is 4.51. The van der Waals surface area contributed by atoms with Crippen LogP contribution in [0.4, 0.5) is 0 Å². The molecule has 0 unspecified atom stereocenters. The Kier molecular flexibility index (Phi) is 6.37. The second kappa shape index (κ2) is 9.72. The van der Waals surface area contributed by atoms with Crippen LogP contribution in [0.3, 0.4) is 0 Å². The maximum atomic E-state index is 6.15. The summed E-state index contributed by atoms with van der Waals surface area (Å²) in [4.78, 5) is 7.49. The second-order valence-corrected chi connectivity index (χ2v) is 8.59. The van der Waals surface area contributed by atoms with Gasteiger partial charge in [-0.25, -0.2) is 4.98 Å². The molecule has 3 aromatic carbocycles. The lowest BCUT2D eigenvalue weighted by molar-refractivity contribution is 0.191. The Bertz CT molecular complexity index is 1190. The first-order valence-electron chi connectivity index (χ1n) is 11.9. The van der Waals surface area contributed by atoms with Crippen LogP contribution in [-0.4, -0.2) is 53.8 Å². The Hall–Kier alpha value is -2.89. The minimum atomic E-state index is 0.714. The van der Waals surface area contributed by atoms with E-state index < -0.39 is 0 Å². The first-order chi connectivity index (χ1) is 15.8. The number of benzene rings is 3. The van der Waals surface area contributed by atoms with E-state index in [2.05, 4.69) is 82.4 Å². The van der Waals surface area contributed by atoms with Crippen LogP contribution in [0.2, 0.25) is 0 Å². The third kappa shape index (κ3) is 4.50. The van der Waals surface area contributed by atoms with Gasteiger partial charge in [0.15, 0.2) is 0 Å². The number of rotatable bonds is 8. The zero-order valence-electron chi connectivity index (χ0n) is 18.9. The summed E-state index contributed by atoms with van der Waals surface area (Å²) in [5.74, 6) is 1.97. The lowest BCUT2D eigenvalue weighted by Crippen LogP contribution is -2.44. The first-order valence-corrected chi connectivity index (χ1v) is 11.9. The van der Waals surface area contributed by atoms with Gasteiger partial charge in [0, 0.05) is 50.9 Å². The monoisotopic (exact) mass is 428 g/mol. The molecule has 1 aliphatic rings. The van der Waals surface area contributed by atoms with E-state index in [9.17, 15) is 0 Å². The average molecular weight is 429 g/mol. The Morgan fingerprint density at radius 1 is 0.938 bits per heavy atom. The molecule has 1 saturated heterocycles. The number of ether oxygens (including phenoxy) is 1. The van der Waals surface area contributed by atoms with Crippen molar-refractivity contribution in [2.45, 2.75) is 26.3 Å². The number of fused-ring (bicyclic) bond motifs is 2. The second-order valence-electron chi connectivity index (χ2n) is 8.59. The highest BCUT2D eigenvalue weighted by Crippen LogP contribution is 2.30. The quantitative estimate of drug-likeness (QED) is 0.432. The third-order valence-electron chi connectivity index (χ3n) is 6.35. The van der Waals surface area contributed by atoms with Crippen LogP contribution in [0.5, 0.6) is 5.75 Å². The predicted octanol–water partition coefficient (Wildman–Crippen LogP) is 4.94. The van der Waals surface area contributed by atoms with E-state index in [4.69, 9.17) is 9.72 Å². The SMILES string of the molecule is CCCCn1c(-c2ccc3ccccc3c2)nc2ccc(OCCN3CCNCC3)cc21. The third-order valence-corrected chi connectivity index (χ3v) is 6.35. The first kappa shape index (κ1) is 21.0. The molecular formula is C27H32N4O. The van der Waals surface area contributed by atoms with Crippen LogP contribution in [0.25, 0.3) is 33.2 Å². The molecule has 1 fully saturated rings. The summed E-state index contributed by atoms with van der Waals surface area (Å²) in [6.45, 7) is 9.21. The van der Waals surface area contributed by atoms with Gasteiger partial charge >= 0.3 is 0 Å². The van der Waals surface area contributed by atoms with Gasteiger partial charge < -0.3 is 14.6 Å². The van der Waals surface area contributed by atoms with Crippen molar-refractivity contribution in [3.05, 3.63) is 60.7 Å². The van der Waals surface area contributed by atoms with Gasteiger partial charge in [-0.15, -0.1) is 0 Å². The molecule has 0 aliphatic carbocycles. The fourth-order valence-corrected chi connectivity index (χ4v) is 4.51. The molecule has 2 heterocycles. The highest BCUT2D eigenvalue weighted by Gasteiger charge is 2.14. The van der Waals surface area contributed by atoms with Crippen LogP contribution < -0.4 is 10.1 Å². The van der Waals surface area contributed by atoms with Crippen LogP contribution in [0, 0.1) is 0 Å². The number of piperazine rings is 1. The molecule has 0 saturated carbocycles. The highest BCUT2D eigenvalue weighted by atomic mass is 16.5. The molecule has 5 heteroatoms. The minimum absolute atomic E-state index is 0.714. The van der Waals surface area contributed by atoms with Crippen LogP contribution in [0.1, 0.15) is 19.8 Å². The summed E-state index contributed by atoms with van der Waals surface area (Å²) in [6, 6.07) is 21.5. The molecule has 1 N–H and O–H groups in total. The summed E-state index contributed by atoms with van der Waals surface area (Å²) in [6.07, 6.45) is 2.28. The van der Waals surface area contributed by atoms with Crippen molar-refractivity contribution >= 4 is 21.8 Å². The minimum Gasteiger partial charge on any atom is -0.492 e. The Balaban J connectivity index is 1.43. The van der Waals surface area contributed by atoms with Crippen molar-refractivity contribution in [2.75, 3.05) is 39.3 Å². The predicted molar refractivity (Wildman–Crippen MR) is 132 cm³/mol. The Morgan fingerprint density at radius 3 is 2.62 bits per heavy atom. The largest absolute Gasteiger partial charge is 0.492 e. The van der Waals surface area contributed by atoms with Crippen molar-refractivity contribution < 1.29 is 4.74 Å². The van der Waals surface area contributed by atoms with Gasteiger partial charge in [0.05, 0.1) is 11.0 Å². The smallest absolute Gasteiger partial charge is 0.141 e. The van der Waals surface area contributed by atoms with Gasteiger partial charge in [-0.3, -0.25) is 4.90 Å². The number of imidazole rings is 1. The van der Waals surface area contributed by atoms with Gasteiger partial charge in [-0.2, -0.15) is 0 Å². The summed E-state index contributed by atoms with van der Waals surface area (Å²) in [5, 5.41) is 5.90. The van der Waals surface area contributed by atoms with Crippen molar-refractivity contribution in [2.24, 2.45) is 0 Å². The molecule has 166 valence electrons. The van der Waals surface area contributed by atoms with E-state index in [1.165, 1.54) is 10.8 Å². The standard InChI is InChI=1S/C27H32N4O/c1-2-3-14-31-26-20-24(32-18-17-30-15-12-28-13-16-30)10-11-25(26)29-27(31)23-9-8-21-6-4-5-7-22(21)19-23/h4-11,19-20,28H,2-3,12-18H2,1H3. The van der Waals surface area contributed by atoms with Crippen LogP contribution >= 0.6 is 0 Å². The lowest BCUT2D eigenvalue weighted by atomic mass is 10.1. The zero-order valence-corrected chi connectivity index (χ0v) is 18.9. The van der Waals surface area contributed by atoms with Crippen LogP contribution in [-0.2, 0) is 6.54 Å². The van der Waals surface area contributed by atoms with Crippen molar-refractivity contribution in [3.8, 4) is 17.1 Å². The van der Waals surface area contributed by atoms with Gasteiger partial charge in [-0.1, -0.05) is 49.7 Å². The molecule has 4 aromatic rings. The molecule has 0 atom stereocenters. The normalized spacial score (nSPS) is 14.9. The molecule has 0 spiro atoms. The molecule has 1 aliphatic heterocycles. The molecule has 0 radical (unpaired) electrons. The Labute approximate surface area is 190 Å². The molecule has 5 nitrogen and oxygen atoms in total. The van der Waals surface area contributed by atoms with Gasteiger partial charge in [0.2, 0.25) is 0 Å². The van der Waals surface area contributed by atoms with E-state index in [1.54, 1.807) is 0 Å². The lowest BCUT2D eigenvalue weighted by Gasteiger charge is -2.26. The molecule has 5 rings (SSSR count). The number of hydrogen-bond acceptors (Lipinski definition) is 4. The van der Waals surface area contributed by atoms with Crippen LogP contribution in [0.15, 0.2) is 60.7 Å². The van der Waals surface area contributed by atoms with E-state index in [0.717, 1.165) is 80.3 Å². The number of nitrogens with zero attached hydrogens (tertiary/aromatic N) is 3. The fraction of sp³-hybridized carbons (Fsp3) is 0.370. The molecule has 0 bridgehead atoms. The van der Waals surface area contributed by atoms with Crippen molar-refractivity contribution in [3.63, 3.8) is 0 Å². The maximum absolute atomic E-state index is 6.15. The zero-order chi connectivity index (χ0) is 21.8. The van der Waals surface area contributed by atoms with Crippen molar-refractivity contribution in [1.82, 2.24) is 19.8 Å². The van der Waals surface area contributed by atoms with E-state index in [-0.39, 0.29) is 0 Å².